The molecule has 0 radical (unpaired) electrons. The van der Waals surface area contributed by atoms with E-state index in [1.54, 1.807) is 40.5 Å². The zero-order valence-corrected chi connectivity index (χ0v) is 15.2. The summed E-state index contributed by atoms with van der Waals surface area (Å²) in [7, 11) is 0. The van der Waals surface area contributed by atoms with Crippen LogP contribution in [-0.4, -0.2) is 5.91 Å². The molecule has 2 aromatic heterocycles. The van der Waals surface area contributed by atoms with Gasteiger partial charge in [0.05, 0.1) is 12.8 Å². The van der Waals surface area contributed by atoms with Gasteiger partial charge in [0, 0.05) is 15.4 Å². The highest BCUT2D eigenvalue weighted by Crippen LogP contribution is 2.30. The van der Waals surface area contributed by atoms with Crippen molar-refractivity contribution in [2.24, 2.45) is 0 Å². The predicted octanol–water partition coefficient (Wildman–Crippen LogP) is 5.99. The van der Waals surface area contributed by atoms with Crippen molar-refractivity contribution in [3.63, 3.8) is 0 Å². The summed E-state index contributed by atoms with van der Waals surface area (Å²) in [5.74, 6) is -0.146. The smallest absolute Gasteiger partial charge is 0.294 e. The summed E-state index contributed by atoms with van der Waals surface area (Å²) in [4.78, 5) is 16.7. The lowest BCUT2D eigenvalue weighted by molar-refractivity contribution is 0.0958. The molecule has 27 heavy (non-hydrogen) atoms. The van der Waals surface area contributed by atoms with E-state index in [4.69, 9.17) is 4.42 Å². The van der Waals surface area contributed by atoms with Crippen LogP contribution >= 0.6 is 11.3 Å². The first kappa shape index (κ1) is 17.2. The first-order chi connectivity index (χ1) is 13.2. The molecule has 3 nitrogen and oxygen atoms in total. The number of benzene rings is 2. The molecule has 0 N–H and O–H groups in total. The van der Waals surface area contributed by atoms with Gasteiger partial charge in [0.2, 0.25) is 0 Å². The zero-order valence-electron chi connectivity index (χ0n) is 14.3. The van der Waals surface area contributed by atoms with Gasteiger partial charge in [0.15, 0.2) is 5.76 Å². The molecular weight excluding hydrogens is 361 g/mol. The number of carbonyl (C=O) groups excluding carboxylic acids is 1. The van der Waals surface area contributed by atoms with Crippen molar-refractivity contribution in [2.75, 3.05) is 4.90 Å². The third-order valence-electron chi connectivity index (χ3n) is 4.15. The minimum atomic E-state index is -0.255. The highest BCUT2D eigenvalue weighted by Gasteiger charge is 2.21. The van der Waals surface area contributed by atoms with Gasteiger partial charge in [-0.3, -0.25) is 4.79 Å². The maximum absolute atomic E-state index is 13.1. The minimum Gasteiger partial charge on any atom is -0.459 e. The average molecular weight is 377 g/mol. The van der Waals surface area contributed by atoms with Crippen LogP contribution in [0.1, 0.15) is 15.4 Å². The van der Waals surface area contributed by atoms with Crippen LogP contribution in [0.4, 0.5) is 10.1 Å². The molecule has 134 valence electrons. The van der Waals surface area contributed by atoms with Gasteiger partial charge in [-0.25, -0.2) is 4.39 Å². The van der Waals surface area contributed by atoms with Crippen molar-refractivity contribution in [3.8, 4) is 10.4 Å². The number of para-hydroxylation sites is 1. The molecule has 0 atom stereocenters. The number of hydrogen-bond donors (Lipinski definition) is 0. The van der Waals surface area contributed by atoms with E-state index in [2.05, 4.69) is 0 Å². The van der Waals surface area contributed by atoms with Gasteiger partial charge in [0.1, 0.15) is 5.82 Å². The molecule has 0 saturated heterocycles. The fourth-order valence-corrected chi connectivity index (χ4v) is 3.81. The molecule has 1 amide bonds. The van der Waals surface area contributed by atoms with Crippen molar-refractivity contribution in [1.82, 2.24) is 0 Å². The number of hydrogen-bond acceptors (Lipinski definition) is 3. The molecule has 2 heterocycles. The highest BCUT2D eigenvalue weighted by atomic mass is 32.1. The third-order valence-corrected chi connectivity index (χ3v) is 5.27. The van der Waals surface area contributed by atoms with E-state index in [1.807, 2.05) is 42.5 Å². The van der Waals surface area contributed by atoms with E-state index >= 15 is 0 Å². The van der Waals surface area contributed by atoms with Crippen LogP contribution in [0.15, 0.2) is 89.5 Å². The topological polar surface area (TPSA) is 33.5 Å². The van der Waals surface area contributed by atoms with Crippen molar-refractivity contribution in [3.05, 3.63) is 102 Å². The molecule has 5 heteroatoms. The number of nitrogens with zero attached hydrogens (tertiary/aromatic N) is 1. The van der Waals surface area contributed by atoms with Crippen molar-refractivity contribution >= 4 is 22.9 Å². The first-order valence-corrected chi connectivity index (χ1v) is 9.27. The fraction of sp³-hybridized carbons (Fsp3) is 0.0455. The van der Waals surface area contributed by atoms with Crippen LogP contribution in [0, 0.1) is 5.82 Å². The maximum Gasteiger partial charge on any atom is 0.294 e. The third kappa shape index (κ3) is 3.83. The first-order valence-electron chi connectivity index (χ1n) is 8.46. The molecule has 0 aliphatic heterocycles. The van der Waals surface area contributed by atoms with E-state index < -0.39 is 0 Å². The number of thiophene rings is 1. The molecule has 4 aromatic rings. The zero-order chi connectivity index (χ0) is 18.6. The van der Waals surface area contributed by atoms with E-state index in [-0.39, 0.29) is 11.7 Å². The Kier molecular flexibility index (Phi) is 4.85. The number of carbonyl (C=O) groups is 1. The normalized spacial score (nSPS) is 10.7. The Hall–Kier alpha value is -3.18. The van der Waals surface area contributed by atoms with Crippen LogP contribution in [-0.2, 0) is 6.54 Å². The quantitative estimate of drug-likeness (QED) is 0.428. The largest absolute Gasteiger partial charge is 0.459 e. The summed E-state index contributed by atoms with van der Waals surface area (Å²) in [5, 5.41) is 0. The average Bonchev–Trinajstić information content (AvgIpc) is 3.39. The van der Waals surface area contributed by atoms with Crippen LogP contribution in [0.5, 0.6) is 0 Å². The van der Waals surface area contributed by atoms with Crippen molar-refractivity contribution in [2.45, 2.75) is 6.54 Å². The maximum atomic E-state index is 13.1. The van der Waals surface area contributed by atoms with Crippen LogP contribution in [0.3, 0.4) is 0 Å². The van der Waals surface area contributed by atoms with Gasteiger partial charge in [-0.05, 0) is 54.1 Å². The van der Waals surface area contributed by atoms with Crippen LogP contribution < -0.4 is 4.90 Å². The second-order valence-corrected chi connectivity index (χ2v) is 7.15. The Morgan fingerprint density at radius 3 is 2.41 bits per heavy atom. The summed E-state index contributed by atoms with van der Waals surface area (Å²) in [6.45, 7) is 0.426. The molecule has 0 fully saturated rings. The molecule has 0 saturated carbocycles. The lowest BCUT2D eigenvalue weighted by atomic mass is 10.2. The fourth-order valence-electron chi connectivity index (χ4n) is 2.81. The Bertz CT molecular complexity index is 1020. The Balaban J connectivity index is 1.62. The Morgan fingerprint density at radius 1 is 0.926 bits per heavy atom. The number of furan rings is 1. The minimum absolute atomic E-state index is 0.192. The summed E-state index contributed by atoms with van der Waals surface area (Å²) in [6.07, 6.45) is 1.49. The van der Waals surface area contributed by atoms with E-state index in [0.717, 1.165) is 21.0 Å². The van der Waals surface area contributed by atoms with Gasteiger partial charge < -0.3 is 9.32 Å². The second-order valence-electron chi connectivity index (χ2n) is 5.98. The lowest BCUT2D eigenvalue weighted by Gasteiger charge is -2.21. The monoisotopic (exact) mass is 377 g/mol. The van der Waals surface area contributed by atoms with Gasteiger partial charge in [0.25, 0.3) is 5.91 Å². The van der Waals surface area contributed by atoms with Gasteiger partial charge >= 0.3 is 0 Å². The Morgan fingerprint density at radius 2 is 1.70 bits per heavy atom. The van der Waals surface area contributed by atoms with Gasteiger partial charge in [-0.1, -0.05) is 30.3 Å². The number of rotatable bonds is 5. The standard InChI is InChI=1S/C22H16FNO2S/c23-17-10-8-16(9-11-17)21-13-12-19(27-21)15-24(18-5-2-1-3-6-18)22(25)20-7-4-14-26-20/h1-14H,15H2. The molecular formula is C22H16FNO2S. The summed E-state index contributed by atoms with van der Waals surface area (Å²) in [6, 6.07) is 23.3. The SMILES string of the molecule is O=C(c1ccco1)N(Cc1ccc(-c2ccc(F)cc2)s1)c1ccccc1. The molecule has 0 unspecified atom stereocenters. The summed E-state index contributed by atoms with van der Waals surface area (Å²) < 4.78 is 18.4. The molecule has 2 aromatic carbocycles. The molecule has 4 rings (SSSR count). The van der Waals surface area contributed by atoms with Crippen molar-refractivity contribution in [1.29, 1.82) is 0 Å². The Labute approximate surface area is 160 Å². The van der Waals surface area contributed by atoms with Crippen LogP contribution in [0.25, 0.3) is 10.4 Å². The van der Waals surface area contributed by atoms with E-state index in [9.17, 15) is 9.18 Å². The summed E-state index contributed by atoms with van der Waals surface area (Å²) in [5.41, 5.74) is 1.76. The van der Waals surface area contributed by atoms with E-state index in [0.29, 0.717) is 12.3 Å². The second kappa shape index (κ2) is 7.60. The van der Waals surface area contributed by atoms with E-state index in [1.165, 1.54) is 18.4 Å². The molecule has 0 aliphatic carbocycles. The predicted molar refractivity (Wildman–Crippen MR) is 105 cm³/mol. The molecule has 0 bridgehead atoms. The number of halogens is 1. The number of amides is 1. The lowest BCUT2D eigenvalue weighted by Crippen LogP contribution is -2.29. The molecule has 0 aliphatic rings. The number of anilines is 1. The summed E-state index contributed by atoms with van der Waals surface area (Å²) >= 11 is 1.58. The van der Waals surface area contributed by atoms with Crippen LogP contribution in [0.2, 0.25) is 0 Å². The highest BCUT2D eigenvalue weighted by molar-refractivity contribution is 7.15. The van der Waals surface area contributed by atoms with Gasteiger partial charge in [-0.2, -0.15) is 0 Å². The molecule has 0 spiro atoms. The van der Waals surface area contributed by atoms with Gasteiger partial charge in [-0.15, -0.1) is 11.3 Å². The van der Waals surface area contributed by atoms with Crippen molar-refractivity contribution < 1.29 is 13.6 Å².